The fourth-order valence-electron chi connectivity index (χ4n) is 3.14. The first-order valence-corrected chi connectivity index (χ1v) is 8.86. The van der Waals surface area contributed by atoms with Crippen LogP contribution in [0.4, 0.5) is 5.69 Å². The van der Waals surface area contributed by atoms with Gasteiger partial charge in [0.25, 0.3) is 5.91 Å². The Morgan fingerprint density at radius 1 is 0.926 bits per heavy atom. The summed E-state index contributed by atoms with van der Waals surface area (Å²) in [5.74, 6) is 0.642. The van der Waals surface area contributed by atoms with E-state index in [4.69, 9.17) is 4.74 Å². The molecule has 0 fully saturated rings. The molecule has 134 valence electrons. The monoisotopic (exact) mass is 356 g/mol. The minimum atomic E-state index is -0.122. The molecular weight excluding hydrogens is 336 g/mol. The number of carbonyl (C=O) groups excluding carboxylic acids is 1. The Morgan fingerprint density at radius 2 is 1.63 bits per heavy atom. The maximum Gasteiger partial charge on any atom is 0.258 e. The largest absolute Gasteiger partial charge is 0.489 e. The van der Waals surface area contributed by atoms with Gasteiger partial charge in [-0.15, -0.1) is 0 Å². The van der Waals surface area contributed by atoms with Gasteiger partial charge in [0.2, 0.25) is 0 Å². The number of amides is 1. The number of carbonyl (C=O) groups is 1. The molecule has 4 nitrogen and oxygen atoms in total. The zero-order valence-electron chi connectivity index (χ0n) is 15.0. The molecule has 2 N–H and O–H groups in total. The Bertz CT molecular complexity index is 1070. The number of H-pyrrole nitrogens is 1. The SMILES string of the molecule is Cc1[nH]c2ccccc2c1C(=O)Nc1ccc(OCc2ccccc2)cc1. The lowest BCUT2D eigenvalue weighted by Crippen LogP contribution is -2.12. The Hall–Kier alpha value is -3.53. The molecule has 0 unspecified atom stereocenters. The molecule has 4 heteroatoms. The van der Waals surface area contributed by atoms with E-state index in [2.05, 4.69) is 10.3 Å². The Balaban J connectivity index is 1.45. The lowest BCUT2D eigenvalue weighted by molar-refractivity contribution is 0.102. The molecular formula is C23H20N2O2. The second kappa shape index (κ2) is 7.38. The predicted octanol–water partition coefficient (Wildman–Crippen LogP) is 5.31. The summed E-state index contributed by atoms with van der Waals surface area (Å²) in [5, 5.41) is 3.89. The molecule has 0 spiro atoms. The summed E-state index contributed by atoms with van der Waals surface area (Å²) < 4.78 is 5.78. The Labute approximate surface area is 157 Å². The molecule has 1 heterocycles. The molecule has 0 saturated heterocycles. The highest BCUT2D eigenvalue weighted by atomic mass is 16.5. The molecule has 3 aromatic carbocycles. The van der Waals surface area contributed by atoms with Crippen LogP contribution in [0.5, 0.6) is 5.75 Å². The van der Waals surface area contributed by atoms with E-state index in [1.807, 2.05) is 85.8 Å². The number of fused-ring (bicyclic) bond motifs is 1. The zero-order chi connectivity index (χ0) is 18.6. The van der Waals surface area contributed by atoms with E-state index in [1.165, 1.54) is 0 Å². The molecule has 4 rings (SSSR count). The van der Waals surface area contributed by atoms with Crippen molar-refractivity contribution < 1.29 is 9.53 Å². The number of rotatable bonds is 5. The van der Waals surface area contributed by atoms with E-state index in [0.29, 0.717) is 12.2 Å². The van der Waals surface area contributed by atoms with Crippen molar-refractivity contribution in [3.63, 3.8) is 0 Å². The molecule has 0 radical (unpaired) electrons. The number of para-hydroxylation sites is 1. The van der Waals surface area contributed by atoms with Crippen molar-refractivity contribution in [3.05, 3.63) is 95.7 Å². The van der Waals surface area contributed by atoms with Crippen molar-refractivity contribution in [1.82, 2.24) is 4.98 Å². The highest BCUT2D eigenvalue weighted by Crippen LogP contribution is 2.24. The fourth-order valence-corrected chi connectivity index (χ4v) is 3.14. The van der Waals surface area contributed by atoms with E-state index in [1.54, 1.807) is 0 Å². The van der Waals surface area contributed by atoms with Crippen LogP contribution in [0, 0.1) is 6.92 Å². The van der Waals surface area contributed by atoms with Gasteiger partial charge in [0.05, 0.1) is 5.56 Å². The molecule has 1 amide bonds. The average molecular weight is 356 g/mol. The number of ether oxygens (including phenoxy) is 1. The summed E-state index contributed by atoms with van der Waals surface area (Å²) in [7, 11) is 0. The van der Waals surface area contributed by atoms with Gasteiger partial charge in [-0.1, -0.05) is 48.5 Å². The van der Waals surface area contributed by atoms with Crippen LogP contribution in [-0.2, 0) is 6.61 Å². The van der Waals surface area contributed by atoms with Crippen LogP contribution < -0.4 is 10.1 Å². The first-order chi connectivity index (χ1) is 13.2. The van der Waals surface area contributed by atoms with Gasteiger partial charge in [0.1, 0.15) is 12.4 Å². The van der Waals surface area contributed by atoms with Crippen LogP contribution in [0.3, 0.4) is 0 Å². The van der Waals surface area contributed by atoms with Crippen LogP contribution >= 0.6 is 0 Å². The van der Waals surface area contributed by atoms with Crippen molar-refractivity contribution in [2.75, 3.05) is 5.32 Å². The number of hydrogen-bond acceptors (Lipinski definition) is 2. The summed E-state index contributed by atoms with van der Waals surface area (Å²) in [6, 6.07) is 25.2. The van der Waals surface area contributed by atoms with E-state index in [9.17, 15) is 4.79 Å². The minimum Gasteiger partial charge on any atom is -0.489 e. The van der Waals surface area contributed by atoms with Crippen LogP contribution in [0.15, 0.2) is 78.9 Å². The first kappa shape index (κ1) is 16.9. The van der Waals surface area contributed by atoms with Crippen LogP contribution in [0.25, 0.3) is 10.9 Å². The van der Waals surface area contributed by atoms with E-state index in [0.717, 1.165) is 33.6 Å². The van der Waals surface area contributed by atoms with E-state index >= 15 is 0 Å². The Morgan fingerprint density at radius 3 is 2.41 bits per heavy atom. The summed E-state index contributed by atoms with van der Waals surface area (Å²) in [5.41, 5.74) is 4.35. The van der Waals surface area contributed by atoms with Gasteiger partial charge in [-0.3, -0.25) is 4.79 Å². The third-order valence-electron chi connectivity index (χ3n) is 4.48. The normalized spacial score (nSPS) is 10.7. The molecule has 0 saturated carbocycles. The number of aromatic nitrogens is 1. The maximum absolute atomic E-state index is 12.7. The predicted molar refractivity (Wildman–Crippen MR) is 108 cm³/mol. The van der Waals surface area contributed by atoms with Crippen LogP contribution in [0.2, 0.25) is 0 Å². The van der Waals surface area contributed by atoms with Gasteiger partial charge in [0.15, 0.2) is 0 Å². The maximum atomic E-state index is 12.7. The van der Waals surface area contributed by atoms with Gasteiger partial charge in [-0.25, -0.2) is 0 Å². The molecule has 27 heavy (non-hydrogen) atoms. The van der Waals surface area contributed by atoms with Crippen molar-refractivity contribution in [2.45, 2.75) is 13.5 Å². The second-order valence-electron chi connectivity index (χ2n) is 6.42. The van der Waals surface area contributed by atoms with Gasteiger partial charge >= 0.3 is 0 Å². The van der Waals surface area contributed by atoms with Gasteiger partial charge in [0, 0.05) is 22.3 Å². The van der Waals surface area contributed by atoms with Gasteiger partial charge in [-0.2, -0.15) is 0 Å². The number of nitrogens with one attached hydrogen (secondary N) is 2. The lowest BCUT2D eigenvalue weighted by atomic mass is 10.1. The summed E-state index contributed by atoms with van der Waals surface area (Å²) in [6.07, 6.45) is 0. The smallest absolute Gasteiger partial charge is 0.258 e. The molecule has 0 aliphatic heterocycles. The number of aromatic amines is 1. The standard InChI is InChI=1S/C23H20N2O2/c1-16-22(20-9-5-6-10-21(20)24-16)23(26)25-18-11-13-19(14-12-18)27-15-17-7-3-2-4-8-17/h2-14,24H,15H2,1H3,(H,25,26). The summed E-state index contributed by atoms with van der Waals surface area (Å²) in [4.78, 5) is 16.0. The van der Waals surface area contributed by atoms with Gasteiger partial charge < -0.3 is 15.0 Å². The van der Waals surface area contributed by atoms with E-state index in [-0.39, 0.29) is 5.91 Å². The second-order valence-corrected chi connectivity index (χ2v) is 6.42. The quantitative estimate of drug-likeness (QED) is 0.509. The van der Waals surface area contributed by atoms with Crippen molar-refractivity contribution in [2.24, 2.45) is 0 Å². The lowest BCUT2D eigenvalue weighted by Gasteiger charge is -2.09. The number of anilines is 1. The summed E-state index contributed by atoms with van der Waals surface area (Å²) >= 11 is 0. The third kappa shape index (κ3) is 3.70. The number of benzene rings is 3. The Kier molecular flexibility index (Phi) is 4.62. The molecule has 0 bridgehead atoms. The van der Waals surface area contributed by atoms with Crippen LogP contribution in [0.1, 0.15) is 21.6 Å². The molecule has 4 aromatic rings. The molecule has 0 atom stereocenters. The number of hydrogen-bond donors (Lipinski definition) is 2. The fraction of sp³-hybridized carbons (Fsp3) is 0.0870. The first-order valence-electron chi connectivity index (χ1n) is 8.86. The van der Waals surface area contributed by atoms with Crippen LogP contribution in [-0.4, -0.2) is 10.9 Å². The number of aryl methyl sites for hydroxylation is 1. The minimum absolute atomic E-state index is 0.122. The summed E-state index contributed by atoms with van der Waals surface area (Å²) in [6.45, 7) is 2.43. The highest BCUT2D eigenvalue weighted by molar-refractivity contribution is 6.13. The molecule has 0 aliphatic rings. The van der Waals surface area contributed by atoms with Crippen molar-refractivity contribution >= 4 is 22.5 Å². The van der Waals surface area contributed by atoms with E-state index < -0.39 is 0 Å². The van der Waals surface area contributed by atoms with Crippen molar-refractivity contribution in [1.29, 1.82) is 0 Å². The van der Waals surface area contributed by atoms with Crippen molar-refractivity contribution in [3.8, 4) is 5.75 Å². The van der Waals surface area contributed by atoms with Gasteiger partial charge in [-0.05, 0) is 42.8 Å². The topological polar surface area (TPSA) is 54.1 Å². The highest BCUT2D eigenvalue weighted by Gasteiger charge is 2.15. The molecule has 1 aromatic heterocycles. The average Bonchev–Trinajstić information content (AvgIpc) is 3.04. The molecule has 0 aliphatic carbocycles. The third-order valence-corrected chi connectivity index (χ3v) is 4.48. The zero-order valence-corrected chi connectivity index (χ0v) is 15.0.